The number of aryl methyl sites for hydroxylation is 1. The molecule has 2 aromatic rings. The van der Waals surface area contributed by atoms with Crippen molar-refractivity contribution in [3.63, 3.8) is 0 Å². The van der Waals surface area contributed by atoms with Crippen LogP contribution in [0, 0.1) is 6.92 Å². The molecule has 0 bridgehead atoms. The Hall–Kier alpha value is -2.83. The lowest BCUT2D eigenvalue weighted by Gasteiger charge is -2.26. The average molecular weight is 331 g/mol. The summed E-state index contributed by atoms with van der Waals surface area (Å²) in [6.45, 7) is 5.20. The molecule has 0 radical (unpaired) electrons. The fraction of sp³-hybridized carbons (Fsp3) is 0.353. The van der Waals surface area contributed by atoms with Crippen LogP contribution >= 0.6 is 0 Å². The zero-order valence-corrected chi connectivity index (χ0v) is 14.0. The molecule has 0 aliphatic heterocycles. The van der Waals surface area contributed by atoms with Crippen LogP contribution in [0.3, 0.4) is 0 Å². The summed E-state index contributed by atoms with van der Waals surface area (Å²) in [6, 6.07) is 10.5. The number of nitrogens with zero attached hydrogens (tertiary/aromatic N) is 2. The van der Waals surface area contributed by atoms with E-state index < -0.39 is 0 Å². The van der Waals surface area contributed by atoms with E-state index in [2.05, 4.69) is 10.5 Å². The Morgan fingerprint density at radius 1 is 1.29 bits per heavy atom. The molecule has 7 heteroatoms. The van der Waals surface area contributed by atoms with Gasteiger partial charge in [-0.2, -0.15) is 0 Å². The van der Waals surface area contributed by atoms with Crippen LogP contribution in [0.2, 0.25) is 0 Å². The summed E-state index contributed by atoms with van der Waals surface area (Å²) in [5, 5.41) is 6.29. The summed E-state index contributed by atoms with van der Waals surface area (Å²) in [7, 11) is 0. The first-order valence-electron chi connectivity index (χ1n) is 7.66. The van der Waals surface area contributed by atoms with Gasteiger partial charge in [0.1, 0.15) is 18.1 Å². The molecule has 0 saturated heterocycles. The Morgan fingerprint density at radius 3 is 2.58 bits per heavy atom. The van der Waals surface area contributed by atoms with Crippen molar-refractivity contribution in [2.75, 3.05) is 18.5 Å². The molecular weight excluding hydrogens is 310 g/mol. The van der Waals surface area contributed by atoms with E-state index in [0.29, 0.717) is 17.3 Å². The largest absolute Gasteiger partial charge is 0.484 e. The number of ether oxygens (including phenoxy) is 1. The minimum absolute atomic E-state index is 0.0828. The molecule has 2 rings (SSSR count). The summed E-state index contributed by atoms with van der Waals surface area (Å²) in [5.41, 5.74) is 0. The third kappa shape index (κ3) is 5.12. The van der Waals surface area contributed by atoms with Crippen LogP contribution in [0.5, 0.6) is 5.75 Å². The molecule has 2 amide bonds. The predicted molar refractivity (Wildman–Crippen MR) is 88.7 cm³/mol. The highest BCUT2D eigenvalue weighted by Gasteiger charge is 2.21. The number of carbonyl (C=O) groups is 2. The average Bonchev–Trinajstić information content (AvgIpc) is 2.96. The second-order valence-corrected chi connectivity index (χ2v) is 5.59. The topological polar surface area (TPSA) is 84.7 Å². The lowest BCUT2D eigenvalue weighted by molar-refractivity contribution is -0.138. The third-order valence-corrected chi connectivity index (χ3v) is 3.26. The Labute approximate surface area is 140 Å². The number of nitrogens with one attached hydrogen (secondary N) is 1. The molecule has 1 heterocycles. The molecule has 0 unspecified atom stereocenters. The minimum Gasteiger partial charge on any atom is -0.484 e. The van der Waals surface area contributed by atoms with E-state index in [1.807, 2.05) is 32.0 Å². The van der Waals surface area contributed by atoms with Gasteiger partial charge in [-0.05, 0) is 32.9 Å². The van der Waals surface area contributed by atoms with Gasteiger partial charge in [-0.25, -0.2) is 0 Å². The van der Waals surface area contributed by atoms with Crippen LogP contribution in [-0.4, -0.2) is 41.1 Å². The van der Waals surface area contributed by atoms with E-state index in [1.165, 1.54) is 4.90 Å². The molecule has 24 heavy (non-hydrogen) atoms. The van der Waals surface area contributed by atoms with E-state index in [0.717, 1.165) is 0 Å². The smallest absolute Gasteiger partial charge is 0.261 e. The van der Waals surface area contributed by atoms with Gasteiger partial charge in [-0.3, -0.25) is 9.59 Å². The lowest BCUT2D eigenvalue weighted by atomic mass is 10.3. The summed E-state index contributed by atoms with van der Waals surface area (Å²) >= 11 is 0. The normalized spacial score (nSPS) is 10.5. The van der Waals surface area contributed by atoms with E-state index in [1.54, 1.807) is 25.1 Å². The molecule has 0 spiro atoms. The molecule has 128 valence electrons. The van der Waals surface area contributed by atoms with Crippen LogP contribution in [0.4, 0.5) is 5.82 Å². The zero-order valence-electron chi connectivity index (χ0n) is 14.0. The Balaban J connectivity index is 1.90. The second-order valence-electron chi connectivity index (χ2n) is 5.59. The second kappa shape index (κ2) is 8.14. The molecule has 7 nitrogen and oxygen atoms in total. The molecule has 1 aromatic carbocycles. The van der Waals surface area contributed by atoms with Crippen molar-refractivity contribution in [1.82, 2.24) is 10.1 Å². The lowest BCUT2D eigenvalue weighted by Crippen LogP contribution is -2.44. The van der Waals surface area contributed by atoms with Gasteiger partial charge in [-0.1, -0.05) is 23.4 Å². The number of benzene rings is 1. The quantitative estimate of drug-likeness (QED) is 0.841. The molecule has 0 saturated carbocycles. The van der Waals surface area contributed by atoms with Gasteiger partial charge >= 0.3 is 0 Å². The van der Waals surface area contributed by atoms with Crippen LogP contribution in [-0.2, 0) is 9.59 Å². The standard InChI is InChI=1S/C17H21N3O4/c1-12(2)20(10-16(21)18-15-9-13(3)24-19-15)17(22)11-23-14-7-5-4-6-8-14/h4-9,12H,10-11H2,1-3H3,(H,18,19,21). The maximum absolute atomic E-state index is 12.3. The van der Waals surface area contributed by atoms with Gasteiger partial charge in [0.15, 0.2) is 12.4 Å². The molecular formula is C17H21N3O4. The summed E-state index contributed by atoms with van der Waals surface area (Å²) < 4.78 is 10.3. The van der Waals surface area contributed by atoms with Crippen molar-refractivity contribution >= 4 is 17.6 Å². The SMILES string of the molecule is Cc1cc(NC(=O)CN(C(=O)COc2ccccc2)C(C)C)no1. The van der Waals surface area contributed by atoms with Gasteiger partial charge < -0.3 is 19.5 Å². The highest BCUT2D eigenvalue weighted by molar-refractivity contribution is 5.94. The van der Waals surface area contributed by atoms with E-state index >= 15 is 0 Å². The van der Waals surface area contributed by atoms with Crippen molar-refractivity contribution in [2.45, 2.75) is 26.8 Å². The first-order chi connectivity index (χ1) is 11.5. The summed E-state index contributed by atoms with van der Waals surface area (Å²) in [5.74, 6) is 0.926. The van der Waals surface area contributed by atoms with Gasteiger partial charge in [0.05, 0.1) is 0 Å². The van der Waals surface area contributed by atoms with E-state index in [-0.39, 0.29) is 31.0 Å². The van der Waals surface area contributed by atoms with Gasteiger partial charge in [0, 0.05) is 12.1 Å². The van der Waals surface area contributed by atoms with Gasteiger partial charge in [-0.15, -0.1) is 0 Å². The fourth-order valence-corrected chi connectivity index (χ4v) is 2.07. The van der Waals surface area contributed by atoms with Crippen molar-refractivity contribution in [3.8, 4) is 5.75 Å². The number of carbonyl (C=O) groups excluding carboxylic acids is 2. The van der Waals surface area contributed by atoms with Crippen LogP contribution in [0.25, 0.3) is 0 Å². The Kier molecular flexibility index (Phi) is 5.95. The predicted octanol–water partition coefficient (Wildman–Crippen LogP) is 2.24. The number of aromatic nitrogens is 1. The number of amides is 2. The maximum Gasteiger partial charge on any atom is 0.261 e. The van der Waals surface area contributed by atoms with E-state index in [4.69, 9.17) is 9.26 Å². The fourth-order valence-electron chi connectivity index (χ4n) is 2.07. The van der Waals surface area contributed by atoms with Crippen molar-refractivity contribution < 1.29 is 18.8 Å². The maximum atomic E-state index is 12.3. The zero-order chi connectivity index (χ0) is 17.5. The highest BCUT2D eigenvalue weighted by Crippen LogP contribution is 2.10. The van der Waals surface area contributed by atoms with Gasteiger partial charge in [0.25, 0.3) is 5.91 Å². The first kappa shape index (κ1) is 17.5. The van der Waals surface area contributed by atoms with Crippen LogP contribution in [0.1, 0.15) is 19.6 Å². The summed E-state index contributed by atoms with van der Waals surface area (Å²) in [6.07, 6.45) is 0. The van der Waals surface area contributed by atoms with Crippen molar-refractivity contribution in [3.05, 3.63) is 42.2 Å². The van der Waals surface area contributed by atoms with Crippen LogP contribution in [0.15, 0.2) is 40.9 Å². The molecule has 0 fully saturated rings. The summed E-state index contributed by atoms with van der Waals surface area (Å²) in [4.78, 5) is 25.9. The van der Waals surface area contributed by atoms with Crippen molar-refractivity contribution in [1.29, 1.82) is 0 Å². The van der Waals surface area contributed by atoms with Crippen molar-refractivity contribution in [2.24, 2.45) is 0 Å². The molecule has 0 aliphatic rings. The number of para-hydroxylation sites is 1. The minimum atomic E-state index is -0.343. The molecule has 0 atom stereocenters. The Bertz CT molecular complexity index is 682. The number of hydrogen-bond donors (Lipinski definition) is 1. The highest BCUT2D eigenvalue weighted by atomic mass is 16.5. The Morgan fingerprint density at radius 2 is 2.00 bits per heavy atom. The first-order valence-corrected chi connectivity index (χ1v) is 7.66. The third-order valence-electron chi connectivity index (χ3n) is 3.26. The number of hydrogen-bond acceptors (Lipinski definition) is 5. The van der Waals surface area contributed by atoms with Crippen LogP contribution < -0.4 is 10.1 Å². The molecule has 1 N–H and O–H groups in total. The number of anilines is 1. The van der Waals surface area contributed by atoms with Gasteiger partial charge in [0.2, 0.25) is 5.91 Å². The monoisotopic (exact) mass is 331 g/mol. The molecule has 0 aliphatic carbocycles. The molecule has 1 aromatic heterocycles. The number of rotatable bonds is 7. The van der Waals surface area contributed by atoms with E-state index in [9.17, 15) is 9.59 Å².